The molecule has 2 saturated carbocycles. The first-order valence-corrected chi connectivity index (χ1v) is 10.5. The summed E-state index contributed by atoms with van der Waals surface area (Å²) >= 11 is 0. The number of carbonyl (C=O) groups is 1. The summed E-state index contributed by atoms with van der Waals surface area (Å²) in [5.74, 6) is 0.300. The molecule has 1 atom stereocenters. The Bertz CT molecular complexity index is 886. The molecule has 6 heteroatoms. The van der Waals surface area contributed by atoms with Crippen LogP contribution < -0.4 is 10.0 Å². The molecule has 2 aliphatic rings. The van der Waals surface area contributed by atoms with Crippen LogP contribution >= 0.6 is 0 Å². The number of nitrogens with one attached hydrogen (secondary N) is 2. The van der Waals surface area contributed by atoms with E-state index in [0.29, 0.717) is 11.5 Å². The molecule has 0 saturated heterocycles. The van der Waals surface area contributed by atoms with Gasteiger partial charge in [-0.15, -0.1) is 0 Å². The third-order valence-corrected chi connectivity index (χ3v) is 6.40. The molecule has 0 aromatic heterocycles. The topological polar surface area (TPSA) is 75.3 Å². The molecule has 2 aromatic carbocycles. The van der Waals surface area contributed by atoms with E-state index in [-0.39, 0.29) is 22.9 Å². The molecule has 1 unspecified atom stereocenters. The van der Waals surface area contributed by atoms with Crippen LogP contribution in [0.15, 0.2) is 59.5 Å². The minimum absolute atomic E-state index is 0.00337. The van der Waals surface area contributed by atoms with Crippen molar-refractivity contribution in [1.29, 1.82) is 0 Å². The van der Waals surface area contributed by atoms with Crippen molar-refractivity contribution in [3.05, 3.63) is 65.7 Å². The molecule has 136 valence electrons. The van der Waals surface area contributed by atoms with Crippen molar-refractivity contribution < 1.29 is 13.2 Å². The molecule has 2 fully saturated rings. The minimum Gasteiger partial charge on any atom is -0.345 e. The second-order valence-corrected chi connectivity index (χ2v) is 8.83. The fraction of sp³-hybridized carbons (Fsp3) is 0.350. The zero-order valence-corrected chi connectivity index (χ0v) is 15.2. The van der Waals surface area contributed by atoms with E-state index in [1.165, 1.54) is 12.1 Å². The van der Waals surface area contributed by atoms with Crippen LogP contribution in [-0.2, 0) is 10.0 Å². The Kier molecular flexibility index (Phi) is 4.54. The Balaban J connectivity index is 1.47. The number of carbonyl (C=O) groups excluding carboxylic acids is 1. The normalized spacial score (nSPS) is 18.3. The maximum absolute atomic E-state index is 12.6. The Morgan fingerprint density at radius 2 is 1.58 bits per heavy atom. The van der Waals surface area contributed by atoms with E-state index in [9.17, 15) is 13.2 Å². The maximum Gasteiger partial charge on any atom is 0.251 e. The highest BCUT2D eigenvalue weighted by atomic mass is 32.2. The molecular formula is C20H22N2O3S. The Morgan fingerprint density at radius 3 is 2.15 bits per heavy atom. The molecule has 0 aliphatic heterocycles. The van der Waals surface area contributed by atoms with E-state index < -0.39 is 10.0 Å². The van der Waals surface area contributed by atoms with Gasteiger partial charge in [0, 0.05) is 11.6 Å². The number of hydrogen-bond acceptors (Lipinski definition) is 3. The smallest absolute Gasteiger partial charge is 0.251 e. The van der Waals surface area contributed by atoms with Crippen LogP contribution in [0.3, 0.4) is 0 Å². The minimum atomic E-state index is -3.49. The average Bonchev–Trinajstić information content (AvgIpc) is 3.55. The van der Waals surface area contributed by atoms with Crippen molar-refractivity contribution in [2.24, 2.45) is 5.92 Å². The quantitative estimate of drug-likeness (QED) is 0.787. The van der Waals surface area contributed by atoms with Gasteiger partial charge in [-0.25, -0.2) is 13.1 Å². The zero-order valence-electron chi connectivity index (χ0n) is 14.4. The molecule has 26 heavy (non-hydrogen) atoms. The molecule has 0 spiro atoms. The largest absolute Gasteiger partial charge is 0.345 e. The maximum atomic E-state index is 12.6. The predicted octanol–water partition coefficient (Wildman–Crippen LogP) is 3.01. The Morgan fingerprint density at radius 1 is 0.923 bits per heavy atom. The summed E-state index contributed by atoms with van der Waals surface area (Å²) in [4.78, 5) is 12.8. The van der Waals surface area contributed by atoms with Gasteiger partial charge in [0.2, 0.25) is 10.0 Å². The van der Waals surface area contributed by atoms with Crippen molar-refractivity contribution in [3.8, 4) is 0 Å². The van der Waals surface area contributed by atoms with Crippen molar-refractivity contribution in [1.82, 2.24) is 10.0 Å². The van der Waals surface area contributed by atoms with Crippen LogP contribution in [0.2, 0.25) is 0 Å². The lowest BCUT2D eigenvalue weighted by molar-refractivity contribution is 0.0931. The van der Waals surface area contributed by atoms with Crippen LogP contribution in [0.4, 0.5) is 0 Å². The monoisotopic (exact) mass is 370 g/mol. The zero-order chi connectivity index (χ0) is 18.1. The van der Waals surface area contributed by atoms with Gasteiger partial charge >= 0.3 is 0 Å². The van der Waals surface area contributed by atoms with Gasteiger partial charge in [-0.3, -0.25) is 4.79 Å². The molecule has 0 heterocycles. The average molecular weight is 370 g/mol. The van der Waals surface area contributed by atoms with E-state index in [4.69, 9.17) is 0 Å². The van der Waals surface area contributed by atoms with Gasteiger partial charge in [0.25, 0.3) is 5.91 Å². The second-order valence-electron chi connectivity index (χ2n) is 7.12. The summed E-state index contributed by atoms with van der Waals surface area (Å²) in [6, 6.07) is 16.2. The third kappa shape index (κ3) is 3.97. The van der Waals surface area contributed by atoms with Gasteiger partial charge in [-0.2, -0.15) is 0 Å². The summed E-state index contributed by atoms with van der Waals surface area (Å²) < 4.78 is 27.1. The molecule has 0 radical (unpaired) electrons. The fourth-order valence-corrected chi connectivity index (χ4v) is 4.37. The summed E-state index contributed by atoms with van der Waals surface area (Å²) in [6.45, 7) is 0. The standard InChI is InChI=1S/C20H22N2O3S/c23-20(21-19(15-6-7-15)14-4-2-1-3-5-14)16-8-12-18(13-9-16)26(24,25)22-17-10-11-17/h1-5,8-9,12-13,15,17,19,22H,6-7,10-11H2,(H,21,23). The number of amides is 1. The fourth-order valence-electron chi connectivity index (χ4n) is 3.06. The number of hydrogen-bond donors (Lipinski definition) is 2. The number of rotatable bonds is 7. The lowest BCUT2D eigenvalue weighted by Crippen LogP contribution is -2.30. The van der Waals surface area contributed by atoms with Crippen LogP contribution in [0.1, 0.15) is 47.6 Å². The van der Waals surface area contributed by atoms with Gasteiger partial charge in [0.05, 0.1) is 10.9 Å². The second kappa shape index (κ2) is 6.85. The van der Waals surface area contributed by atoms with E-state index in [1.807, 2.05) is 30.3 Å². The highest BCUT2D eigenvalue weighted by Crippen LogP contribution is 2.41. The summed E-state index contributed by atoms with van der Waals surface area (Å²) in [5, 5.41) is 3.11. The van der Waals surface area contributed by atoms with Crippen LogP contribution in [0.5, 0.6) is 0 Å². The summed E-state index contributed by atoms with van der Waals surface area (Å²) in [6.07, 6.45) is 4.01. The first-order chi connectivity index (χ1) is 12.5. The third-order valence-electron chi connectivity index (χ3n) is 4.86. The molecule has 2 N–H and O–H groups in total. The lowest BCUT2D eigenvalue weighted by Gasteiger charge is -2.19. The van der Waals surface area contributed by atoms with Gasteiger partial charge < -0.3 is 5.32 Å². The highest BCUT2D eigenvalue weighted by molar-refractivity contribution is 7.89. The molecule has 4 rings (SSSR count). The van der Waals surface area contributed by atoms with E-state index in [1.54, 1.807) is 12.1 Å². The van der Waals surface area contributed by atoms with Gasteiger partial charge in [-0.05, 0) is 61.4 Å². The molecule has 2 aromatic rings. The lowest BCUT2D eigenvalue weighted by atomic mass is 10.0. The van der Waals surface area contributed by atoms with Gasteiger partial charge in [-0.1, -0.05) is 30.3 Å². The Hall–Kier alpha value is -2.18. The van der Waals surface area contributed by atoms with E-state index in [0.717, 1.165) is 31.2 Å². The summed E-state index contributed by atoms with van der Waals surface area (Å²) in [5.41, 5.74) is 1.58. The van der Waals surface area contributed by atoms with Gasteiger partial charge in [0.1, 0.15) is 0 Å². The first-order valence-electron chi connectivity index (χ1n) is 9.01. The van der Waals surface area contributed by atoms with Crippen LogP contribution in [-0.4, -0.2) is 20.4 Å². The van der Waals surface area contributed by atoms with Crippen molar-refractivity contribution in [3.63, 3.8) is 0 Å². The highest BCUT2D eigenvalue weighted by Gasteiger charge is 2.33. The SMILES string of the molecule is O=C(NC(c1ccccc1)C1CC1)c1ccc(S(=O)(=O)NC2CC2)cc1. The van der Waals surface area contributed by atoms with Crippen LogP contribution in [0, 0.1) is 5.92 Å². The van der Waals surface area contributed by atoms with E-state index in [2.05, 4.69) is 10.0 Å². The van der Waals surface area contributed by atoms with Crippen molar-refractivity contribution in [2.75, 3.05) is 0 Å². The molecular weight excluding hydrogens is 348 g/mol. The van der Waals surface area contributed by atoms with Crippen LogP contribution in [0.25, 0.3) is 0 Å². The molecule has 0 bridgehead atoms. The molecule has 2 aliphatic carbocycles. The van der Waals surface area contributed by atoms with Crippen molar-refractivity contribution >= 4 is 15.9 Å². The Labute approximate surface area is 153 Å². The first kappa shape index (κ1) is 17.2. The number of sulfonamides is 1. The molecule has 5 nitrogen and oxygen atoms in total. The number of benzene rings is 2. The summed E-state index contributed by atoms with van der Waals surface area (Å²) in [7, 11) is -3.49. The molecule has 1 amide bonds. The predicted molar refractivity (Wildman–Crippen MR) is 99.2 cm³/mol. The van der Waals surface area contributed by atoms with E-state index >= 15 is 0 Å². The van der Waals surface area contributed by atoms with Gasteiger partial charge in [0.15, 0.2) is 0 Å². The van der Waals surface area contributed by atoms with Crippen molar-refractivity contribution in [2.45, 2.75) is 42.7 Å².